The molecule has 0 N–H and O–H groups in total. The minimum absolute atomic E-state index is 0.207. The third-order valence-corrected chi connectivity index (χ3v) is 10.7. The number of hydrogen-bond donors (Lipinski definition) is 0. The van der Waals surface area contributed by atoms with Crippen molar-refractivity contribution in [2.45, 2.75) is 12.3 Å². The number of furan rings is 1. The molecule has 0 saturated heterocycles. The molecule has 10 rings (SSSR count). The van der Waals surface area contributed by atoms with Crippen LogP contribution in [-0.2, 0) is 0 Å². The fourth-order valence-electron chi connectivity index (χ4n) is 6.99. The highest BCUT2D eigenvalue weighted by Crippen LogP contribution is 2.39. The van der Waals surface area contributed by atoms with Crippen LogP contribution < -0.4 is 10.4 Å². The van der Waals surface area contributed by atoms with Gasteiger partial charge < -0.3 is 4.42 Å². The molecule has 9 aromatic rings. The first-order chi connectivity index (χ1) is 23.8. The monoisotopic (exact) mass is 634 g/mol. The summed E-state index contributed by atoms with van der Waals surface area (Å²) in [5.41, 5.74) is 6.88. The minimum atomic E-state index is 0.207. The zero-order chi connectivity index (χ0) is 31.6. The van der Waals surface area contributed by atoms with E-state index < -0.39 is 0 Å². The van der Waals surface area contributed by atoms with E-state index in [-0.39, 0.29) is 5.92 Å². The van der Waals surface area contributed by atoms with E-state index in [1.165, 1.54) is 30.6 Å². The molecule has 0 fully saturated rings. The van der Waals surface area contributed by atoms with Gasteiger partial charge in [0.2, 0.25) is 0 Å². The van der Waals surface area contributed by atoms with E-state index in [9.17, 15) is 0 Å². The second-order valence-electron chi connectivity index (χ2n) is 12.3. The maximum absolute atomic E-state index is 6.22. The van der Waals surface area contributed by atoms with Crippen LogP contribution >= 0.6 is 11.3 Å². The summed E-state index contributed by atoms with van der Waals surface area (Å²) in [7, 11) is 0. The average Bonchev–Trinajstić information content (AvgIpc) is 3.73. The lowest BCUT2D eigenvalue weighted by atomic mass is 9.91. The van der Waals surface area contributed by atoms with Gasteiger partial charge in [0.05, 0.1) is 5.56 Å². The fourth-order valence-corrected chi connectivity index (χ4v) is 8.20. The Morgan fingerprint density at radius 1 is 0.583 bits per heavy atom. The number of aromatic nitrogens is 4. The third kappa shape index (κ3) is 4.37. The normalized spacial score (nSPS) is 14.3. The highest BCUT2D eigenvalue weighted by Gasteiger charge is 2.17. The van der Waals surface area contributed by atoms with Gasteiger partial charge in [0.1, 0.15) is 11.2 Å². The molecule has 1 unspecified atom stereocenters. The largest absolute Gasteiger partial charge is 0.455 e. The van der Waals surface area contributed by atoms with Gasteiger partial charge >= 0.3 is 0 Å². The molecule has 0 radical (unpaired) electrons. The summed E-state index contributed by atoms with van der Waals surface area (Å²) < 4.78 is 8.72. The van der Waals surface area contributed by atoms with Crippen molar-refractivity contribution in [3.8, 4) is 33.9 Å². The molecule has 5 aromatic carbocycles. The second-order valence-corrected chi connectivity index (χ2v) is 13.3. The summed E-state index contributed by atoms with van der Waals surface area (Å²) in [6.45, 7) is 0. The molecule has 6 heteroatoms. The Hall–Kier alpha value is -5.98. The lowest BCUT2D eigenvalue weighted by molar-refractivity contribution is 0.669. The van der Waals surface area contributed by atoms with Gasteiger partial charge in [-0.05, 0) is 58.3 Å². The van der Waals surface area contributed by atoms with Gasteiger partial charge in [-0.3, -0.25) is 0 Å². The Morgan fingerprint density at radius 2 is 1.29 bits per heavy atom. The molecule has 4 heterocycles. The highest BCUT2D eigenvalue weighted by atomic mass is 32.1. The Balaban J connectivity index is 0.922. The molecule has 48 heavy (non-hydrogen) atoms. The lowest BCUT2D eigenvalue weighted by Gasteiger charge is -2.15. The standard InChI is InChI=1S/C42H26N4OS/c1-3-13-37-31(7-1)33-9-5-11-35(39(33)47-37)41-43-21-29(22-44-41)27-17-15-26-20-28(18-16-25(26)19-27)30-23-45-42(46-24-30)36-12-6-10-34-32-8-2-4-14-38(32)48-40(34)36/h1-16,18-24,27H,17H2. The van der Waals surface area contributed by atoms with E-state index in [1.54, 1.807) is 11.3 Å². The molecule has 226 valence electrons. The van der Waals surface area contributed by atoms with Crippen LogP contribution in [0.2, 0.25) is 0 Å². The third-order valence-electron chi connectivity index (χ3n) is 9.43. The summed E-state index contributed by atoms with van der Waals surface area (Å²) >= 11 is 1.80. The number of fused-ring (bicyclic) bond motifs is 7. The van der Waals surface area contributed by atoms with Gasteiger partial charge in [-0.2, -0.15) is 0 Å². The summed E-state index contributed by atoms with van der Waals surface area (Å²) in [4.78, 5) is 19.2. The van der Waals surface area contributed by atoms with Crippen LogP contribution in [0.25, 0.3) is 88.2 Å². The summed E-state index contributed by atoms with van der Waals surface area (Å²) in [6, 6.07) is 35.8. The quantitative estimate of drug-likeness (QED) is 0.193. The van der Waals surface area contributed by atoms with Gasteiger partial charge in [0.25, 0.3) is 0 Å². The minimum Gasteiger partial charge on any atom is -0.455 e. The van der Waals surface area contributed by atoms with Crippen LogP contribution in [0.5, 0.6) is 0 Å². The summed E-state index contributed by atoms with van der Waals surface area (Å²) in [6.07, 6.45) is 13.3. The van der Waals surface area contributed by atoms with Crippen LogP contribution in [0.15, 0.2) is 132 Å². The van der Waals surface area contributed by atoms with Crippen molar-refractivity contribution in [3.05, 3.63) is 144 Å². The molecule has 0 aliphatic heterocycles. The van der Waals surface area contributed by atoms with E-state index in [0.29, 0.717) is 5.82 Å². The van der Waals surface area contributed by atoms with Gasteiger partial charge in [-0.1, -0.05) is 84.9 Å². The molecular formula is C42H26N4OS. The first-order valence-electron chi connectivity index (χ1n) is 16.0. The molecule has 0 bridgehead atoms. The zero-order valence-electron chi connectivity index (χ0n) is 25.7. The Kier molecular flexibility index (Phi) is 6.11. The number of hydrogen-bond acceptors (Lipinski definition) is 6. The van der Waals surface area contributed by atoms with Crippen LogP contribution in [0.4, 0.5) is 0 Å². The number of rotatable bonds is 4. The molecule has 1 aliphatic carbocycles. The van der Waals surface area contributed by atoms with Crippen molar-refractivity contribution in [2.24, 2.45) is 0 Å². The van der Waals surface area contributed by atoms with E-state index >= 15 is 0 Å². The maximum Gasteiger partial charge on any atom is 0.162 e. The number of thiophene rings is 1. The topological polar surface area (TPSA) is 64.7 Å². The van der Waals surface area contributed by atoms with Gasteiger partial charge in [-0.15, -0.1) is 11.3 Å². The van der Waals surface area contributed by atoms with E-state index in [4.69, 9.17) is 24.4 Å². The van der Waals surface area contributed by atoms with Crippen LogP contribution in [0.3, 0.4) is 0 Å². The van der Waals surface area contributed by atoms with Crippen LogP contribution in [0, 0.1) is 0 Å². The Morgan fingerprint density at radius 3 is 2.17 bits per heavy atom. The van der Waals surface area contributed by atoms with Crippen molar-refractivity contribution in [1.29, 1.82) is 0 Å². The number of benzene rings is 5. The van der Waals surface area contributed by atoms with Gasteiger partial charge in [0.15, 0.2) is 11.6 Å². The zero-order valence-corrected chi connectivity index (χ0v) is 26.5. The number of nitrogens with zero attached hydrogens (tertiary/aromatic N) is 4. The molecule has 0 amide bonds. The first kappa shape index (κ1) is 27.2. The Labute approximate surface area is 279 Å². The predicted molar refractivity (Wildman–Crippen MR) is 196 cm³/mol. The maximum atomic E-state index is 6.22. The number of para-hydroxylation sites is 2. The SMILES string of the molecule is C1=c2ccc(-c3cnc(-c4cccc5c4sc4ccccc45)nc3)cc2=CCC1c1cnc(-c2cccc3c2oc2ccccc23)nc1. The fraction of sp³-hybridized carbons (Fsp3) is 0.0476. The lowest BCUT2D eigenvalue weighted by Crippen LogP contribution is -2.28. The molecule has 0 saturated carbocycles. The van der Waals surface area contributed by atoms with Crippen molar-refractivity contribution in [3.63, 3.8) is 0 Å². The molecule has 0 spiro atoms. The van der Waals surface area contributed by atoms with E-state index in [1.807, 2.05) is 55.1 Å². The van der Waals surface area contributed by atoms with E-state index in [2.05, 4.69) is 84.9 Å². The molecule has 4 aromatic heterocycles. The van der Waals surface area contributed by atoms with Gasteiger partial charge in [0, 0.05) is 72.8 Å². The smallest absolute Gasteiger partial charge is 0.162 e. The summed E-state index contributed by atoms with van der Waals surface area (Å²) in [5.74, 6) is 1.62. The molecule has 1 aliphatic rings. The average molecular weight is 635 g/mol. The van der Waals surface area contributed by atoms with Crippen LogP contribution in [0.1, 0.15) is 17.9 Å². The Bertz CT molecular complexity index is 2820. The molecular weight excluding hydrogens is 609 g/mol. The van der Waals surface area contributed by atoms with E-state index in [0.717, 1.165) is 62.0 Å². The van der Waals surface area contributed by atoms with Crippen molar-refractivity contribution >= 4 is 65.6 Å². The second kappa shape index (κ2) is 10.8. The van der Waals surface area contributed by atoms with Crippen LogP contribution in [-0.4, -0.2) is 19.9 Å². The first-order valence-corrected chi connectivity index (χ1v) is 16.9. The molecule has 5 nitrogen and oxygen atoms in total. The predicted octanol–water partition coefficient (Wildman–Crippen LogP) is 9.28. The van der Waals surface area contributed by atoms with Crippen molar-refractivity contribution < 1.29 is 4.42 Å². The highest BCUT2D eigenvalue weighted by molar-refractivity contribution is 7.26. The van der Waals surface area contributed by atoms with Crippen molar-refractivity contribution in [2.75, 3.05) is 0 Å². The molecule has 1 atom stereocenters. The van der Waals surface area contributed by atoms with Crippen molar-refractivity contribution in [1.82, 2.24) is 19.9 Å². The van der Waals surface area contributed by atoms with Gasteiger partial charge in [-0.25, -0.2) is 19.9 Å². The summed E-state index contributed by atoms with van der Waals surface area (Å²) in [5, 5.41) is 7.14.